The highest BCUT2D eigenvalue weighted by Crippen LogP contribution is 2.21. The number of hydrogen-bond donors (Lipinski definition) is 1. The van der Waals surface area contributed by atoms with Crippen molar-refractivity contribution < 1.29 is 0 Å². The molecule has 0 fully saturated rings. The van der Waals surface area contributed by atoms with E-state index in [1.165, 1.54) is 0 Å². The van der Waals surface area contributed by atoms with E-state index in [4.69, 9.17) is 23.8 Å². The lowest BCUT2D eigenvalue weighted by atomic mass is 10.2. The van der Waals surface area contributed by atoms with Crippen molar-refractivity contribution in [2.45, 2.75) is 13.2 Å². The van der Waals surface area contributed by atoms with Crippen LogP contribution in [0.2, 0.25) is 5.02 Å². The molecular formula is C18H17ClN4S. The van der Waals surface area contributed by atoms with E-state index >= 15 is 0 Å². The van der Waals surface area contributed by atoms with Crippen molar-refractivity contribution >= 4 is 29.5 Å². The second-order valence-corrected chi connectivity index (χ2v) is 5.96. The average molecular weight is 357 g/mol. The van der Waals surface area contributed by atoms with Crippen LogP contribution in [0.1, 0.15) is 0 Å². The molecule has 0 saturated heterocycles. The number of benzene rings is 2. The topological polar surface area (TPSA) is 34.8 Å². The number of hydrogen-bond acceptors (Lipinski definition) is 3. The standard InChI is InChI=1S/C18H17ClN4S/c1-2-12-22-17(14-8-4-3-5-9-14)21-23(18(22)24)13-20-16-11-7-6-10-15(16)19/h2-11,20H,1,12-13H2. The van der Waals surface area contributed by atoms with Gasteiger partial charge in [-0.2, -0.15) is 0 Å². The van der Waals surface area contributed by atoms with Crippen LogP contribution in [-0.2, 0) is 13.2 Å². The van der Waals surface area contributed by atoms with Crippen LogP contribution < -0.4 is 5.32 Å². The Balaban J connectivity index is 1.93. The van der Waals surface area contributed by atoms with Gasteiger partial charge in [0.05, 0.1) is 10.7 Å². The van der Waals surface area contributed by atoms with E-state index in [1.807, 2.05) is 65.2 Å². The van der Waals surface area contributed by atoms with E-state index < -0.39 is 0 Å². The molecule has 3 aromatic rings. The van der Waals surface area contributed by atoms with E-state index in [1.54, 1.807) is 4.68 Å². The third kappa shape index (κ3) is 3.42. The van der Waals surface area contributed by atoms with Gasteiger partial charge in [-0.1, -0.05) is 60.1 Å². The minimum atomic E-state index is 0.437. The van der Waals surface area contributed by atoms with Gasteiger partial charge in [-0.15, -0.1) is 11.7 Å². The van der Waals surface area contributed by atoms with Gasteiger partial charge in [-0.05, 0) is 24.4 Å². The SMILES string of the molecule is C=CCn1c(-c2ccccc2)nn(CNc2ccccc2Cl)c1=S. The Morgan fingerprint density at radius 2 is 1.83 bits per heavy atom. The minimum Gasteiger partial charge on any atom is -0.365 e. The summed E-state index contributed by atoms with van der Waals surface area (Å²) in [5.74, 6) is 0.821. The Morgan fingerprint density at radius 1 is 1.12 bits per heavy atom. The Morgan fingerprint density at radius 3 is 2.54 bits per heavy atom. The van der Waals surface area contributed by atoms with Crippen molar-refractivity contribution in [2.24, 2.45) is 0 Å². The molecule has 0 aliphatic carbocycles. The first-order valence-electron chi connectivity index (χ1n) is 7.53. The Hall–Kier alpha value is -2.37. The lowest BCUT2D eigenvalue weighted by molar-refractivity contribution is 0.647. The van der Waals surface area contributed by atoms with Crippen LogP contribution >= 0.6 is 23.8 Å². The summed E-state index contributed by atoms with van der Waals surface area (Å²) in [4.78, 5) is 0. The summed E-state index contributed by atoms with van der Waals surface area (Å²) in [6.07, 6.45) is 1.82. The van der Waals surface area contributed by atoms with Crippen molar-refractivity contribution in [1.29, 1.82) is 0 Å². The largest absolute Gasteiger partial charge is 0.365 e. The summed E-state index contributed by atoms with van der Waals surface area (Å²) in [6, 6.07) is 17.6. The highest BCUT2D eigenvalue weighted by atomic mass is 35.5. The van der Waals surface area contributed by atoms with Gasteiger partial charge in [0, 0.05) is 12.1 Å². The van der Waals surface area contributed by atoms with Gasteiger partial charge in [0.1, 0.15) is 6.67 Å². The lowest BCUT2D eigenvalue weighted by Gasteiger charge is -2.07. The van der Waals surface area contributed by atoms with Crippen LogP contribution in [0.5, 0.6) is 0 Å². The van der Waals surface area contributed by atoms with Gasteiger partial charge in [-0.3, -0.25) is 4.57 Å². The monoisotopic (exact) mass is 356 g/mol. The van der Waals surface area contributed by atoms with Crippen molar-refractivity contribution in [3.63, 3.8) is 0 Å². The van der Waals surface area contributed by atoms with Gasteiger partial charge in [-0.25, -0.2) is 4.68 Å². The zero-order valence-electron chi connectivity index (χ0n) is 13.0. The minimum absolute atomic E-state index is 0.437. The molecule has 1 heterocycles. The van der Waals surface area contributed by atoms with Crippen LogP contribution in [0, 0.1) is 4.77 Å². The molecule has 0 aliphatic rings. The van der Waals surface area contributed by atoms with Gasteiger partial charge >= 0.3 is 0 Å². The fourth-order valence-corrected chi connectivity index (χ4v) is 2.87. The smallest absolute Gasteiger partial charge is 0.200 e. The molecule has 0 bridgehead atoms. The highest BCUT2D eigenvalue weighted by molar-refractivity contribution is 7.71. The number of anilines is 1. The molecule has 4 nitrogen and oxygen atoms in total. The molecule has 1 N–H and O–H groups in total. The van der Waals surface area contributed by atoms with Crippen molar-refractivity contribution in [1.82, 2.24) is 14.3 Å². The van der Waals surface area contributed by atoms with Crippen molar-refractivity contribution in [3.05, 3.63) is 77.0 Å². The maximum absolute atomic E-state index is 6.18. The first kappa shape index (κ1) is 16.5. The number of nitrogens with zero attached hydrogens (tertiary/aromatic N) is 3. The van der Waals surface area contributed by atoms with Crippen LogP contribution in [0.4, 0.5) is 5.69 Å². The molecule has 2 aromatic carbocycles. The number of para-hydroxylation sites is 1. The lowest BCUT2D eigenvalue weighted by Crippen LogP contribution is -2.10. The summed E-state index contributed by atoms with van der Waals surface area (Å²) >= 11 is 11.7. The van der Waals surface area contributed by atoms with Crippen LogP contribution in [0.3, 0.4) is 0 Å². The number of aromatic nitrogens is 3. The quantitative estimate of drug-likeness (QED) is 0.499. The third-order valence-electron chi connectivity index (χ3n) is 3.56. The number of allylic oxidation sites excluding steroid dienone is 1. The fraction of sp³-hybridized carbons (Fsp3) is 0.111. The number of halogens is 1. The third-order valence-corrected chi connectivity index (χ3v) is 4.32. The van der Waals surface area contributed by atoms with E-state index in [9.17, 15) is 0 Å². The molecule has 0 atom stereocenters. The molecule has 1 aromatic heterocycles. The summed E-state index contributed by atoms with van der Waals surface area (Å²) in [5.41, 5.74) is 1.86. The molecular weight excluding hydrogens is 340 g/mol. The summed E-state index contributed by atoms with van der Waals surface area (Å²) in [6.45, 7) is 4.85. The van der Waals surface area contributed by atoms with E-state index in [2.05, 4.69) is 17.0 Å². The maximum atomic E-state index is 6.18. The first-order chi connectivity index (χ1) is 11.7. The molecule has 0 saturated carbocycles. The molecule has 6 heteroatoms. The summed E-state index contributed by atoms with van der Waals surface area (Å²) < 4.78 is 4.35. The first-order valence-corrected chi connectivity index (χ1v) is 8.31. The maximum Gasteiger partial charge on any atom is 0.200 e. The molecule has 0 amide bonds. The van der Waals surface area contributed by atoms with Gasteiger partial charge in [0.2, 0.25) is 0 Å². The van der Waals surface area contributed by atoms with Crippen LogP contribution in [0.15, 0.2) is 67.3 Å². The molecule has 0 aliphatic heterocycles. The van der Waals surface area contributed by atoms with Gasteiger partial charge < -0.3 is 5.32 Å². The molecule has 3 rings (SSSR count). The number of rotatable bonds is 6. The second-order valence-electron chi connectivity index (χ2n) is 5.19. The van der Waals surface area contributed by atoms with Crippen LogP contribution in [0.25, 0.3) is 11.4 Å². The Bertz CT molecular complexity index is 899. The molecule has 122 valence electrons. The predicted molar refractivity (Wildman–Crippen MR) is 102 cm³/mol. The highest BCUT2D eigenvalue weighted by Gasteiger charge is 2.11. The van der Waals surface area contributed by atoms with Gasteiger partial charge in [0.15, 0.2) is 10.6 Å². The molecule has 0 spiro atoms. The fourth-order valence-electron chi connectivity index (χ4n) is 2.40. The normalized spacial score (nSPS) is 10.5. The van der Waals surface area contributed by atoms with Crippen molar-refractivity contribution in [3.8, 4) is 11.4 Å². The zero-order chi connectivity index (χ0) is 16.9. The van der Waals surface area contributed by atoms with Gasteiger partial charge in [0.25, 0.3) is 0 Å². The second kappa shape index (κ2) is 7.47. The summed E-state index contributed by atoms with van der Waals surface area (Å²) in [5, 5.41) is 8.60. The predicted octanol–water partition coefficient (Wildman–Crippen LogP) is 4.99. The van der Waals surface area contributed by atoms with E-state index in [-0.39, 0.29) is 0 Å². The zero-order valence-corrected chi connectivity index (χ0v) is 14.6. The summed E-state index contributed by atoms with van der Waals surface area (Å²) in [7, 11) is 0. The Labute approximate surface area is 151 Å². The molecule has 0 unspecified atom stereocenters. The molecule has 24 heavy (non-hydrogen) atoms. The molecule has 0 radical (unpaired) electrons. The Kier molecular flexibility index (Phi) is 5.13. The van der Waals surface area contributed by atoms with Crippen LogP contribution in [-0.4, -0.2) is 14.3 Å². The average Bonchev–Trinajstić information content (AvgIpc) is 2.92. The van der Waals surface area contributed by atoms with E-state index in [0.29, 0.717) is 23.0 Å². The number of nitrogens with one attached hydrogen (secondary N) is 1. The van der Waals surface area contributed by atoms with Crippen molar-refractivity contribution in [2.75, 3.05) is 5.32 Å². The van der Waals surface area contributed by atoms with E-state index in [0.717, 1.165) is 17.1 Å².